The maximum absolute atomic E-state index is 11.3. The average molecular weight is 393 g/mol. The summed E-state index contributed by atoms with van der Waals surface area (Å²) in [5.41, 5.74) is 8.70. The molecule has 1 fully saturated rings. The first-order chi connectivity index (χ1) is 14.1. The van der Waals surface area contributed by atoms with Gasteiger partial charge in [-0.05, 0) is 66.9 Å². The van der Waals surface area contributed by atoms with Crippen LogP contribution >= 0.6 is 0 Å². The minimum Gasteiger partial charge on any atom is -0.490 e. The zero-order chi connectivity index (χ0) is 20.5. The molecule has 0 spiro atoms. The van der Waals surface area contributed by atoms with Gasteiger partial charge in [0.05, 0.1) is 5.56 Å². The largest absolute Gasteiger partial charge is 0.490 e. The third-order valence-corrected chi connectivity index (χ3v) is 4.79. The molecule has 1 atom stereocenters. The summed E-state index contributed by atoms with van der Waals surface area (Å²) in [4.78, 5) is 15.4. The molecule has 4 N–H and O–H groups in total. The van der Waals surface area contributed by atoms with Crippen molar-refractivity contribution in [2.24, 2.45) is 11.7 Å². The molecule has 1 aromatic heterocycles. The summed E-state index contributed by atoms with van der Waals surface area (Å²) < 4.78 is 5.76. The predicted octanol–water partition coefficient (Wildman–Crippen LogP) is 2.61. The number of nitrogens with zero attached hydrogens (tertiary/aromatic N) is 1. The van der Waals surface area contributed by atoms with Crippen LogP contribution in [-0.4, -0.2) is 37.1 Å². The number of benzene rings is 1. The summed E-state index contributed by atoms with van der Waals surface area (Å²) in [6.45, 7) is 8.14. The van der Waals surface area contributed by atoms with Gasteiger partial charge in [0.1, 0.15) is 12.4 Å². The van der Waals surface area contributed by atoms with Crippen LogP contribution in [0.3, 0.4) is 0 Å². The molecule has 1 aromatic carbocycles. The van der Waals surface area contributed by atoms with Gasteiger partial charge in [0, 0.05) is 18.9 Å². The van der Waals surface area contributed by atoms with E-state index >= 15 is 0 Å². The lowest BCUT2D eigenvalue weighted by Crippen LogP contribution is -2.24. The topological polar surface area (TPSA) is 89.3 Å². The summed E-state index contributed by atoms with van der Waals surface area (Å²) in [6.07, 6.45) is 10.0. The lowest BCUT2D eigenvalue weighted by atomic mass is 10.1. The van der Waals surface area contributed by atoms with E-state index in [9.17, 15) is 4.79 Å². The van der Waals surface area contributed by atoms with E-state index in [1.165, 1.54) is 12.6 Å². The standard InChI is InChI=1S/C23H28N4O2/c1-2-7-29-22-10-17(3-4-18-9-21(23(24)28)16-27-12-18)8-20(11-22)15-26-14-19-5-6-25-13-19/h2-4,8-12,16,19,25-26H,1,5-7,13-15H2,(H2,24,28)/b4-3+. The molecular formula is C23H28N4O2. The van der Waals surface area contributed by atoms with Crippen molar-refractivity contribution < 1.29 is 9.53 Å². The Kier molecular flexibility index (Phi) is 7.55. The van der Waals surface area contributed by atoms with Crippen LogP contribution in [0.15, 0.2) is 49.3 Å². The minimum absolute atomic E-state index is 0.390. The highest BCUT2D eigenvalue weighted by molar-refractivity contribution is 5.93. The maximum atomic E-state index is 11.3. The molecule has 29 heavy (non-hydrogen) atoms. The van der Waals surface area contributed by atoms with Gasteiger partial charge in [-0.3, -0.25) is 9.78 Å². The molecule has 1 saturated heterocycles. The van der Waals surface area contributed by atoms with Crippen LogP contribution in [0.2, 0.25) is 0 Å². The van der Waals surface area contributed by atoms with Gasteiger partial charge < -0.3 is 21.1 Å². The summed E-state index contributed by atoms with van der Waals surface area (Å²) in [5.74, 6) is 1.01. The Labute approximate surface area is 171 Å². The molecule has 0 saturated carbocycles. The van der Waals surface area contributed by atoms with Gasteiger partial charge >= 0.3 is 0 Å². The third kappa shape index (κ3) is 6.55. The average Bonchev–Trinajstić information content (AvgIpc) is 3.24. The van der Waals surface area contributed by atoms with Gasteiger partial charge in [0.2, 0.25) is 5.91 Å². The van der Waals surface area contributed by atoms with E-state index < -0.39 is 5.91 Å². The summed E-state index contributed by atoms with van der Waals surface area (Å²) >= 11 is 0. The van der Waals surface area contributed by atoms with Crippen molar-refractivity contribution >= 4 is 18.1 Å². The second-order valence-electron chi connectivity index (χ2n) is 7.20. The van der Waals surface area contributed by atoms with E-state index in [-0.39, 0.29) is 0 Å². The van der Waals surface area contributed by atoms with Gasteiger partial charge in [0.25, 0.3) is 0 Å². The molecule has 1 aliphatic rings. The lowest BCUT2D eigenvalue weighted by molar-refractivity contribution is 0.1000. The molecule has 0 aliphatic carbocycles. The molecule has 0 radical (unpaired) electrons. The number of carbonyl (C=O) groups is 1. The second-order valence-corrected chi connectivity index (χ2v) is 7.20. The quantitative estimate of drug-likeness (QED) is 0.541. The number of primary amides is 1. The molecule has 6 nitrogen and oxygen atoms in total. The Morgan fingerprint density at radius 1 is 1.28 bits per heavy atom. The Hall–Kier alpha value is -2.96. The second kappa shape index (κ2) is 10.5. The highest BCUT2D eigenvalue weighted by Gasteiger charge is 2.13. The fourth-order valence-electron chi connectivity index (χ4n) is 3.31. The number of nitrogens with one attached hydrogen (secondary N) is 2. The van der Waals surface area contributed by atoms with Crippen LogP contribution in [0.5, 0.6) is 5.75 Å². The predicted molar refractivity (Wildman–Crippen MR) is 117 cm³/mol. The first-order valence-corrected chi connectivity index (χ1v) is 9.86. The van der Waals surface area contributed by atoms with E-state index in [0.717, 1.165) is 48.6 Å². The molecule has 1 aliphatic heterocycles. The number of pyridine rings is 1. The van der Waals surface area contributed by atoms with Crippen molar-refractivity contribution in [1.29, 1.82) is 0 Å². The van der Waals surface area contributed by atoms with Crippen molar-refractivity contribution in [3.63, 3.8) is 0 Å². The molecule has 0 bridgehead atoms. The number of amides is 1. The van der Waals surface area contributed by atoms with Gasteiger partial charge in [-0.25, -0.2) is 0 Å². The van der Waals surface area contributed by atoms with Crippen LogP contribution in [0.25, 0.3) is 12.2 Å². The SMILES string of the molecule is C=CCOc1cc(/C=C/c2cncc(C(N)=O)c2)cc(CNCC2CCNC2)c1. The third-order valence-electron chi connectivity index (χ3n) is 4.79. The number of rotatable bonds is 10. The van der Waals surface area contributed by atoms with Gasteiger partial charge in [-0.2, -0.15) is 0 Å². The van der Waals surface area contributed by atoms with E-state index in [1.807, 2.05) is 18.2 Å². The van der Waals surface area contributed by atoms with Crippen LogP contribution in [0, 0.1) is 5.92 Å². The normalized spacial score (nSPS) is 16.2. The fraction of sp³-hybridized carbons (Fsp3) is 0.304. The van der Waals surface area contributed by atoms with Crippen LogP contribution in [0.4, 0.5) is 0 Å². The van der Waals surface area contributed by atoms with Crippen molar-refractivity contribution in [1.82, 2.24) is 15.6 Å². The molecule has 2 heterocycles. The van der Waals surface area contributed by atoms with Crippen LogP contribution in [0.1, 0.15) is 33.5 Å². The molecule has 2 aromatic rings. The van der Waals surface area contributed by atoms with E-state index in [1.54, 1.807) is 18.3 Å². The van der Waals surface area contributed by atoms with Crippen molar-refractivity contribution in [2.45, 2.75) is 13.0 Å². The number of nitrogens with two attached hydrogens (primary N) is 1. The molecule has 3 rings (SSSR count). The first kappa shape index (κ1) is 20.8. The minimum atomic E-state index is -0.488. The highest BCUT2D eigenvalue weighted by Crippen LogP contribution is 2.20. The first-order valence-electron chi connectivity index (χ1n) is 9.86. The Morgan fingerprint density at radius 3 is 2.90 bits per heavy atom. The fourth-order valence-corrected chi connectivity index (χ4v) is 3.31. The van der Waals surface area contributed by atoms with Gasteiger partial charge in [0.15, 0.2) is 0 Å². The number of ether oxygens (including phenoxy) is 1. The maximum Gasteiger partial charge on any atom is 0.250 e. The van der Waals surface area contributed by atoms with E-state index in [2.05, 4.69) is 34.3 Å². The van der Waals surface area contributed by atoms with Gasteiger partial charge in [-0.15, -0.1) is 0 Å². The molecule has 1 amide bonds. The lowest BCUT2D eigenvalue weighted by Gasteiger charge is -2.12. The summed E-state index contributed by atoms with van der Waals surface area (Å²) in [7, 11) is 0. The van der Waals surface area contributed by atoms with E-state index in [4.69, 9.17) is 10.5 Å². The van der Waals surface area contributed by atoms with Gasteiger partial charge in [-0.1, -0.05) is 30.9 Å². The number of hydrogen-bond donors (Lipinski definition) is 3. The Morgan fingerprint density at radius 2 is 2.14 bits per heavy atom. The summed E-state index contributed by atoms with van der Waals surface area (Å²) in [5, 5.41) is 6.94. The smallest absolute Gasteiger partial charge is 0.250 e. The van der Waals surface area contributed by atoms with E-state index in [0.29, 0.717) is 18.1 Å². The van der Waals surface area contributed by atoms with Crippen LogP contribution < -0.4 is 21.1 Å². The summed E-state index contributed by atoms with van der Waals surface area (Å²) in [6, 6.07) is 7.89. The Bertz CT molecular complexity index is 873. The Balaban J connectivity index is 1.72. The molecule has 1 unspecified atom stereocenters. The molecule has 152 valence electrons. The molecule has 6 heteroatoms. The van der Waals surface area contributed by atoms with Crippen molar-refractivity contribution in [3.05, 3.63) is 71.6 Å². The number of hydrogen-bond acceptors (Lipinski definition) is 5. The zero-order valence-electron chi connectivity index (χ0n) is 16.6. The van der Waals surface area contributed by atoms with Crippen molar-refractivity contribution in [2.75, 3.05) is 26.2 Å². The van der Waals surface area contributed by atoms with Crippen LogP contribution in [-0.2, 0) is 6.54 Å². The van der Waals surface area contributed by atoms with Crippen molar-refractivity contribution in [3.8, 4) is 5.75 Å². The highest BCUT2D eigenvalue weighted by atomic mass is 16.5. The number of aromatic nitrogens is 1. The number of carbonyl (C=O) groups excluding carboxylic acids is 1. The monoisotopic (exact) mass is 392 g/mol. The zero-order valence-corrected chi connectivity index (χ0v) is 16.6. The molecular weight excluding hydrogens is 364 g/mol.